The highest BCUT2D eigenvalue weighted by atomic mass is 35.5. The Morgan fingerprint density at radius 2 is 1.70 bits per heavy atom. The number of nitrogens with zero attached hydrogens (tertiary/aromatic N) is 3. The van der Waals surface area contributed by atoms with Crippen molar-refractivity contribution in [2.24, 2.45) is 5.73 Å². The Hall–Kier alpha value is -2.51. The van der Waals surface area contributed by atoms with Crippen LogP contribution in [-0.2, 0) is 0 Å². The van der Waals surface area contributed by atoms with Crippen LogP contribution in [0.5, 0.6) is 0 Å². The maximum atomic E-state index is 12.4. The van der Waals surface area contributed by atoms with Gasteiger partial charge in [-0.15, -0.1) is 0 Å². The van der Waals surface area contributed by atoms with E-state index in [9.17, 15) is 9.59 Å². The lowest BCUT2D eigenvalue weighted by atomic mass is 10.0. The van der Waals surface area contributed by atoms with Gasteiger partial charge in [-0.05, 0) is 43.6 Å². The van der Waals surface area contributed by atoms with Gasteiger partial charge in [-0.3, -0.25) is 14.5 Å². The molecule has 3 rings (SSSR count). The number of piperidine rings is 1. The summed E-state index contributed by atoms with van der Waals surface area (Å²) in [5.41, 5.74) is 6.42. The minimum atomic E-state index is -0.678. The fourth-order valence-corrected chi connectivity index (χ4v) is 3.35. The van der Waals surface area contributed by atoms with Gasteiger partial charge < -0.3 is 11.1 Å². The van der Waals surface area contributed by atoms with Crippen LogP contribution >= 0.6 is 11.6 Å². The molecule has 0 bridgehead atoms. The van der Waals surface area contributed by atoms with E-state index in [4.69, 9.17) is 17.3 Å². The van der Waals surface area contributed by atoms with Gasteiger partial charge in [-0.25, -0.2) is 9.97 Å². The molecule has 1 atom stereocenters. The zero-order valence-electron chi connectivity index (χ0n) is 14.9. The van der Waals surface area contributed by atoms with Crippen LogP contribution in [0.3, 0.4) is 0 Å². The number of rotatable bonds is 6. The van der Waals surface area contributed by atoms with E-state index in [1.54, 1.807) is 0 Å². The summed E-state index contributed by atoms with van der Waals surface area (Å²) in [5.74, 6) is -1.02. The molecule has 1 aromatic carbocycles. The number of halogens is 1. The average Bonchev–Trinajstić information content (AvgIpc) is 2.70. The first-order valence-electron chi connectivity index (χ1n) is 8.94. The quantitative estimate of drug-likeness (QED) is 0.791. The van der Waals surface area contributed by atoms with Crippen molar-refractivity contribution < 1.29 is 9.59 Å². The first-order valence-corrected chi connectivity index (χ1v) is 9.32. The second-order valence-corrected chi connectivity index (χ2v) is 6.96. The predicted molar refractivity (Wildman–Crippen MR) is 103 cm³/mol. The summed E-state index contributed by atoms with van der Waals surface area (Å²) < 4.78 is 0. The van der Waals surface area contributed by atoms with Crippen molar-refractivity contribution in [1.82, 2.24) is 20.2 Å². The average molecular weight is 388 g/mol. The number of nitrogens with one attached hydrogen (secondary N) is 1. The van der Waals surface area contributed by atoms with E-state index >= 15 is 0 Å². The fraction of sp³-hybridized carbons (Fsp3) is 0.368. The van der Waals surface area contributed by atoms with E-state index in [0.29, 0.717) is 11.6 Å². The normalized spacial score (nSPS) is 15.9. The highest BCUT2D eigenvalue weighted by molar-refractivity contribution is 6.30. The summed E-state index contributed by atoms with van der Waals surface area (Å²) in [5, 5.41) is 3.61. The number of carbonyl (C=O) groups is 2. The molecule has 3 N–H and O–H groups in total. The number of hydrogen-bond acceptors (Lipinski definition) is 5. The van der Waals surface area contributed by atoms with Crippen LogP contribution in [0.25, 0.3) is 0 Å². The number of primary amides is 1. The molecule has 8 heteroatoms. The summed E-state index contributed by atoms with van der Waals surface area (Å²) in [7, 11) is 0. The molecular formula is C19H22ClN5O2. The topological polar surface area (TPSA) is 101 Å². The minimum Gasteiger partial charge on any atom is -0.364 e. The molecule has 1 saturated heterocycles. The number of likely N-dealkylation sites (tertiary alicyclic amines) is 1. The van der Waals surface area contributed by atoms with Crippen molar-refractivity contribution in [1.29, 1.82) is 0 Å². The molecule has 2 aromatic rings. The van der Waals surface area contributed by atoms with Crippen molar-refractivity contribution in [3.63, 3.8) is 0 Å². The standard InChI is InChI=1S/C19H22ClN5O2/c20-14-6-4-13(5-7-14)17(25-8-2-1-3-9-25)12-24-19(27)16-11-22-15(10-23-16)18(21)26/h4-7,10-11,17H,1-3,8-9,12H2,(H2,21,26)(H,24,27). The molecule has 2 amide bonds. The van der Waals surface area contributed by atoms with Crippen molar-refractivity contribution in [3.05, 3.63) is 58.6 Å². The highest BCUT2D eigenvalue weighted by Crippen LogP contribution is 2.25. The highest BCUT2D eigenvalue weighted by Gasteiger charge is 2.23. The van der Waals surface area contributed by atoms with E-state index in [1.807, 2.05) is 24.3 Å². The second kappa shape index (κ2) is 8.92. The lowest BCUT2D eigenvalue weighted by molar-refractivity contribution is 0.0916. The van der Waals surface area contributed by atoms with Gasteiger partial charge in [0.15, 0.2) is 0 Å². The fourth-order valence-electron chi connectivity index (χ4n) is 3.23. The van der Waals surface area contributed by atoms with Gasteiger partial charge in [0.2, 0.25) is 0 Å². The van der Waals surface area contributed by atoms with E-state index in [2.05, 4.69) is 20.2 Å². The molecule has 0 saturated carbocycles. The van der Waals surface area contributed by atoms with Gasteiger partial charge in [-0.2, -0.15) is 0 Å². The lowest BCUT2D eigenvalue weighted by Crippen LogP contribution is -2.40. The second-order valence-electron chi connectivity index (χ2n) is 6.53. The van der Waals surface area contributed by atoms with Crippen LogP contribution in [-0.4, -0.2) is 46.3 Å². The van der Waals surface area contributed by atoms with Crippen molar-refractivity contribution in [2.45, 2.75) is 25.3 Å². The SMILES string of the molecule is NC(=O)c1cnc(C(=O)NCC(c2ccc(Cl)cc2)N2CCCCC2)cn1. The molecule has 1 fully saturated rings. The molecule has 142 valence electrons. The largest absolute Gasteiger partial charge is 0.364 e. The Kier molecular flexibility index (Phi) is 6.36. The summed E-state index contributed by atoms with van der Waals surface area (Å²) in [6, 6.07) is 7.78. The van der Waals surface area contributed by atoms with Gasteiger partial charge in [-0.1, -0.05) is 30.2 Å². The van der Waals surface area contributed by atoms with E-state index in [-0.39, 0.29) is 23.3 Å². The molecular weight excluding hydrogens is 366 g/mol. The number of benzene rings is 1. The Labute approximate surface area is 162 Å². The Balaban J connectivity index is 1.70. The van der Waals surface area contributed by atoms with Gasteiger partial charge in [0.25, 0.3) is 11.8 Å². The van der Waals surface area contributed by atoms with E-state index in [0.717, 1.165) is 31.5 Å². The van der Waals surface area contributed by atoms with Crippen molar-refractivity contribution in [2.75, 3.05) is 19.6 Å². The van der Waals surface area contributed by atoms with Gasteiger partial charge in [0.05, 0.1) is 18.4 Å². The molecule has 2 heterocycles. The molecule has 0 radical (unpaired) electrons. The number of hydrogen-bond donors (Lipinski definition) is 2. The molecule has 7 nitrogen and oxygen atoms in total. The predicted octanol–water partition coefficient (Wildman–Crippen LogP) is 2.19. The van der Waals surface area contributed by atoms with Crippen LogP contribution in [0.1, 0.15) is 51.8 Å². The van der Waals surface area contributed by atoms with Crippen LogP contribution in [0.15, 0.2) is 36.7 Å². The maximum Gasteiger partial charge on any atom is 0.271 e. The third kappa shape index (κ3) is 5.02. The molecule has 27 heavy (non-hydrogen) atoms. The number of nitrogens with two attached hydrogens (primary N) is 1. The lowest BCUT2D eigenvalue weighted by Gasteiger charge is -2.35. The molecule has 1 unspecified atom stereocenters. The maximum absolute atomic E-state index is 12.4. The first kappa shape index (κ1) is 19.3. The first-order chi connectivity index (χ1) is 13.0. The Morgan fingerprint density at radius 1 is 1.07 bits per heavy atom. The van der Waals surface area contributed by atoms with Gasteiger partial charge >= 0.3 is 0 Å². The number of aromatic nitrogens is 2. The van der Waals surface area contributed by atoms with E-state index in [1.165, 1.54) is 18.8 Å². The summed E-state index contributed by atoms with van der Waals surface area (Å²) in [6.45, 7) is 2.44. The zero-order chi connectivity index (χ0) is 19.2. The summed E-state index contributed by atoms with van der Waals surface area (Å²) in [4.78, 5) is 33.7. The number of carbonyl (C=O) groups excluding carboxylic acids is 2. The summed E-state index contributed by atoms with van der Waals surface area (Å²) in [6.07, 6.45) is 6.00. The van der Waals surface area contributed by atoms with Gasteiger partial charge in [0.1, 0.15) is 11.4 Å². The van der Waals surface area contributed by atoms with Crippen molar-refractivity contribution in [3.8, 4) is 0 Å². The monoisotopic (exact) mass is 387 g/mol. The molecule has 1 aliphatic heterocycles. The number of amides is 2. The molecule has 1 aliphatic rings. The van der Waals surface area contributed by atoms with Crippen LogP contribution < -0.4 is 11.1 Å². The minimum absolute atomic E-state index is 0.0268. The Bertz CT molecular complexity index is 789. The third-order valence-electron chi connectivity index (χ3n) is 4.68. The van der Waals surface area contributed by atoms with Crippen LogP contribution in [0, 0.1) is 0 Å². The molecule has 0 aliphatic carbocycles. The molecule has 0 spiro atoms. The molecule has 1 aromatic heterocycles. The third-order valence-corrected chi connectivity index (χ3v) is 4.93. The van der Waals surface area contributed by atoms with Gasteiger partial charge in [0, 0.05) is 11.6 Å². The Morgan fingerprint density at radius 3 is 2.30 bits per heavy atom. The zero-order valence-corrected chi connectivity index (χ0v) is 15.7. The van der Waals surface area contributed by atoms with Crippen LogP contribution in [0.4, 0.5) is 0 Å². The van der Waals surface area contributed by atoms with Crippen molar-refractivity contribution >= 4 is 23.4 Å². The van der Waals surface area contributed by atoms with E-state index < -0.39 is 5.91 Å². The summed E-state index contributed by atoms with van der Waals surface area (Å²) >= 11 is 6.01. The van der Waals surface area contributed by atoms with Crippen LogP contribution in [0.2, 0.25) is 5.02 Å². The smallest absolute Gasteiger partial charge is 0.271 e.